The highest BCUT2D eigenvalue weighted by molar-refractivity contribution is 5.98. The Morgan fingerprint density at radius 3 is 2.63 bits per heavy atom. The molecule has 9 nitrogen and oxygen atoms in total. The van der Waals surface area contributed by atoms with Crippen molar-refractivity contribution in [1.82, 2.24) is 9.88 Å². The first-order chi connectivity index (χ1) is 14.4. The van der Waals surface area contributed by atoms with Gasteiger partial charge in [-0.2, -0.15) is 0 Å². The lowest BCUT2D eigenvalue weighted by Gasteiger charge is -2.23. The van der Waals surface area contributed by atoms with E-state index in [1.807, 2.05) is 4.90 Å². The third-order valence-corrected chi connectivity index (χ3v) is 5.02. The monoisotopic (exact) mass is 412 g/mol. The van der Waals surface area contributed by atoms with E-state index in [0.717, 1.165) is 0 Å². The number of para-hydroxylation sites is 1. The second kappa shape index (κ2) is 9.34. The number of amides is 1. The maximum atomic E-state index is 13.0. The number of anilines is 1. The number of nitro groups is 1. The van der Waals surface area contributed by atoms with Gasteiger partial charge < -0.3 is 14.5 Å². The van der Waals surface area contributed by atoms with Gasteiger partial charge in [0.25, 0.3) is 11.6 Å². The Morgan fingerprint density at radius 2 is 1.97 bits per heavy atom. The van der Waals surface area contributed by atoms with Gasteiger partial charge in [-0.05, 0) is 38.5 Å². The molecule has 1 aromatic carbocycles. The predicted molar refractivity (Wildman–Crippen MR) is 111 cm³/mol. The first-order valence-corrected chi connectivity index (χ1v) is 9.83. The average molecular weight is 412 g/mol. The average Bonchev–Trinajstić information content (AvgIpc) is 2.99. The molecule has 0 bridgehead atoms. The second-order valence-corrected chi connectivity index (χ2v) is 6.99. The van der Waals surface area contributed by atoms with Crippen LogP contribution in [0.3, 0.4) is 0 Å². The Balaban J connectivity index is 1.71. The summed E-state index contributed by atoms with van der Waals surface area (Å²) in [5.41, 5.74) is 0.831. The largest absolute Gasteiger partial charge is 0.462 e. The molecule has 3 rings (SSSR count). The Bertz CT molecular complexity index is 945. The predicted octanol–water partition coefficient (Wildman–Crippen LogP) is 2.83. The van der Waals surface area contributed by atoms with Crippen molar-refractivity contribution in [3.8, 4) is 0 Å². The summed E-state index contributed by atoms with van der Waals surface area (Å²) in [6.07, 6.45) is 2.18. The maximum Gasteiger partial charge on any atom is 0.339 e. The topological polar surface area (TPSA) is 106 Å². The summed E-state index contributed by atoms with van der Waals surface area (Å²) in [6, 6.07) is 8.23. The first-order valence-electron chi connectivity index (χ1n) is 9.83. The van der Waals surface area contributed by atoms with E-state index in [1.165, 1.54) is 12.3 Å². The molecule has 9 heteroatoms. The number of pyridine rings is 1. The number of hydrogen-bond acceptors (Lipinski definition) is 7. The van der Waals surface area contributed by atoms with Crippen LogP contribution in [0.1, 0.15) is 39.6 Å². The molecule has 2 heterocycles. The molecule has 0 unspecified atom stereocenters. The van der Waals surface area contributed by atoms with Crippen molar-refractivity contribution in [2.24, 2.45) is 0 Å². The summed E-state index contributed by atoms with van der Waals surface area (Å²) >= 11 is 0. The summed E-state index contributed by atoms with van der Waals surface area (Å²) in [5.74, 6) is -0.0410. The Kier molecular flexibility index (Phi) is 6.61. The number of ether oxygens (including phenoxy) is 1. The Morgan fingerprint density at radius 1 is 1.17 bits per heavy atom. The van der Waals surface area contributed by atoms with Crippen molar-refractivity contribution < 1.29 is 19.2 Å². The minimum Gasteiger partial charge on any atom is -0.462 e. The molecule has 1 amide bonds. The summed E-state index contributed by atoms with van der Waals surface area (Å²) in [6.45, 7) is 5.82. The molecule has 0 atom stereocenters. The molecule has 1 saturated heterocycles. The number of rotatable bonds is 5. The van der Waals surface area contributed by atoms with E-state index in [0.29, 0.717) is 56.2 Å². The van der Waals surface area contributed by atoms with Gasteiger partial charge >= 0.3 is 5.97 Å². The van der Waals surface area contributed by atoms with Crippen molar-refractivity contribution in [3.63, 3.8) is 0 Å². The summed E-state index contributed by atoms with van der Waals surface area (Å²) in [5, 5.41) is 11.4. The number of benzene rings is 1. The lowest BCUT2D eigenvalue weighted by Crippen LogP contribution is -2.35. The van der Waals surface area contributed by atoms with Crippen LogP contribution < -0.4 is 4.90 Å². The number of nitro benzene ring substituents is 1. The van der Waals surface area contributed by atoms with Crippen LogP contribution in [0.4, 0.5) is 11.5 Å². The van der Waals surface area contributed by atoms with Crippen molar-refractivity contribution >= 4 is 23.4 Å². The van der Waals surface area contributed by atoms with E-state index in [1.54, 1.807) is 43.0 Å². The molecule has 2 aromatic rings. The molecular weight excluding hydrogens is 388 g/mol. The quantitative estimate of drug-likeness (QED) is 0.422. The van der Waals surface area contributed by atoms with E-state index < -0.39 is 10.9 Å². The van der Waals surface area contributed by atoms with Gasteiger partial charge in [-0.1, -0.05) is 12.1 Å². The number of carbonyl (C=O) groups is 2. The molecule has 0 spiro atoms. The van der Waals surface area contributed by atoms with E-state index in [9.17, 15) is 19.7 Å². The summed E-state index contributed by atoms with van der Waals surface area (Å²) in [7, 11) is 0. The third kappa shape index (κ3) is 4.56. The van der Waals surface area contributed by atoms with Gasteiger partial charge in [-0.15, -0.1) is 0 Å². The lowest BCUT2D eigenvalue weighted by molar-refractivity contribution is -0.385. The number of hydrogen-bond donors (Lipinski definition) is 0. The SMILES string of the molecule is CCOC(=O)c1ccc(N2CCCN(C(=O)c3cccc(C)c3[N+](=O)[O-])CC2)nc1. The standard InChI is InChI=1S/C21H24N4O5/c1-3-30-21(27)16-8-9-18(22-14-16)23-10-5-11-24(13-12-23)20(26)17-7-4-6-15(2)19(17)25(28)29/h4,6-9,14H,3,5,10-13H2,1-2H3. The third-order valence-electron chi connectivity index (χ3n) is 5.02. The lowest BCUT2D eigenvalue weighted by atomic mass is 10.1. The fraction of sp³-hybridized carbons (Fsp3) is 0.381. The zero-order valence-electron chi connectivity index (χ0n) is 17.0. The molecule has 0 aliphatic carbocycles. The highest BCUT2D eigenvalue weighted by Gasteiger charge is 2.28. The van der Waals surface area contributed by atoms with Crippen molar-refractivity contribution in [3.05, 3.63) is 63.3 Å². The maximum absolute atomic E-state index is 13.0. The van der Waals surface area contributed by atoms with Crippen LogP contribution in [0.25, 0.3) is 0 Å². The van der Waals surface area contributed by atoms with E-state index >= 15 is 0 Å². The van der Waals surface area contributed by atoms with Crippen LogP contribution in [0.2, 0.25) is 0 Å². The molecule has 0 radical (unpaired) electrons. The molecule has 158 valence electrons. The zero-order valence-corrected chi connectivity index (χ0v) is 17.0. The van der Waals surface area contributed by atoms with E-state index in [2.05, 4.69) is 4.98 Å². The van der Waals surface area contributed by atoms with Gasteiger partial charge in [0.2, 0.25) is 0 Å². The zero-order chi connectivity index (χ0) is 21.7. The second-order valence-electron chi connectivity index (χ2n) is 6.99. The molecule has 1 fully saturated rings. The van der Waals surface area contributed by atoms with Crippen molar-refractivity contribution in [2.75, 3.05) is 37.7 Å². The molecular formula is C21H24N4O5. The molecule has 1 aliphatic heterocycles. The first kappa shape index (κ1) is 21.2. The normalized spacial score (nSPS) is 14.2. The number of esters is 1. The van der Waals surface area contributed by atoms with Gasteiger partial charge in [-0.25, -0.2) is 9.78 Å². The van der Waals surface area contributed by atoms with Gasteiger partial charge in [0.1, 0.15) is 11.4 Å². The van der Waals surface area contributed by atoms with Crippen LogP contribution in [-0.4, -0.2) is 59.5 Å². The smallest absolute Gasteiger partial charge is 0.339 e. The summed E-state index contributed by atoms with van der Waals surface area (Å²) < 4.78 is 4.97. The van der Waals surface area contributed by atoms with Gasteiger partial charge in [-0.3, -0.25) is 14.9 Å². The van der Waals surface area contributed by atoms with Gasteiger partial charge in [0, 0.05) is 37.9 Å². The Labute approximate surface area is 174 Å². The fourth-order valence-electron chi connectivity index (χ4n) is 3.50. The highest BCUT2D eigenvalue weighted by Crippen LogP contribution is 2.25. The minimum atomic E-state index is -0.498. The van der Waals surface area contributed by atoms with Crippen LogP contribution in [-0.2, 0) is 4.74 Å². The minimum absolute atomic E-state index is 0.116. The molecule has 1 aliphatic rings. The molecule has 0 saturated carbocycles. The number of aryl methyl sites for hydroxylation is 1. The van der Waals surface area contributed by atoms with Crippen LogP contribution in [0.5, 0.6) is 0 Å². The van der Waals surface area contributed by atoms with E-state index in [4.69, 9.17) is 4.74 Å². The van der Waals surface area contributed by atoms with Crippen LogP contribution >= 0.6 is 0 Å². The van der Waals surface area contributed by atoms with Crippen molar-refractivity contribution in [1.29, 1.82) is 0 Å². The van der Waals surface area contributed by atoms with Crippen LogP contribution in [0, 0.1) is 17.0 Å². The van der Waals surface area contributed by atoms with Gasteiger partial charge in [0.15, 0.2) is 0 Å². The molecule has 30 heavy (non-hydrogen) atoms. The van der Waals surface area contributed by atoms with E-state index in [-0.39, 0.29) is 17.2 Å². The Hall–Kier alpha value is -3.49. The number of nitrogens with zero attached hydrogens (tertiary/aromatic N) is 4. The fourth-order valence-corrected chi connectivity index (χ4v) is 3.50. The van der Waals surface area contributed by atoms with Gasteiger partial charge in [0.05, 0.1) is 17.1 Å². The summed E-state index contributed by atoms with van der Waals surface area (Å²) in [4.78, 5) is 43.7. The highest BCUT2D eigenvalue weighted by atomic mass is 16.6. The van der Waals surface area contributed by atoms with Crippen molar-refractivity contribution in [2.45, 2.75) is 20.3 Å². The molecule has 1 aromatic heterocycles. The number of carbonyl (C=O) groups excluding carboxylic acids is 2. The molecule has 0 N–H and O–H groups in total. The number of aromatic nitrogens is 1. The van der Waals surface area contributed by atoms with Crippen LogP contribution in [0.15, 0.2) is 36.5 Å².